The van der Waals surface area contributed by atoms with Crippen LogP contribution in [0.1, 0.15) is 21.5 Å². The van der Waals surface area contributed by atoms with Gasteiger partial charge in [0.05, 0.1) is 12.2 Å². The van der Waals surface area contributed by atoms with Gasteiger partial charge in [-0.05, 0) is 30.2 Å². The molecule has 0 aliphatic heterocycles. The minimum atomic E-state index is -0.896. The average molecular weight is 180 g/mol. The van der Waals surface area contributed by atoms with E-state index in [1.807, 2.05) is 6.92 Å². The predicted octanol–water partition coefficient (Wildman–Crippen LogP) is 1.84. The number of benzene rings is 1. The predicted molar refractivity (Wildman–Crippen MR) is 48.9 cm³/mol. The molecule has 0 fully saturated rings. The molecule has 0 bridgehead atoms. The average Bonchev–Trinajstić information content (AvgIpc) is 2.08. The maximum absolute atomic E-state index is 10.6. The number of carboxylic acid groups (broad SMARTS) is 1. The van der Waals surface area contributed by atoms with Gasteiger partial charge in [0, 0.05) is 7.11 Å². The number of ether oxygens (including phenoxy) is 1. The van der Waals surface area contributed by atoms with Gasteiger partial charge in [-0.3, -0.25) is 0 Å². The van der Waals surface area contributed by atoms with Crippen molar-refractivity contribution in [1.29, 1.82) is 0 Å². The summed E-state index contributed by atoms with van der Waals surface area (Å²) >= 11 is 0. The summed E-state index contributed by atoms with van der Waals surface area (Å²) in [4.78, 5) is 10.6. The molecule has 0 saturated carbocycles. The summed E-state index contributed by atoms with van der Waals surface area (Å²) in [6.07, 6.45) is 0. The number of carbonyl (C=O) groups is 1. The lowest BCUT2D eigenvalue weighted by atomic mass is 10.1. The molecule has 3 heteroatoms. The van der Waals surface area contributed by atoms with E-state index in [0.717, 1.165) is 11.1 Å². The molecule has 0 unspecified atom stereocenters. The molecule has 0 aliphatic carbocycles. The number of hydrogen-bond donors (Lipinski definition) is 1. The highest BCUT2D eigenvalue weighted by Gasteiger charge is 2.04. The molecular formula is C10H12O3. The zero-order valence-electron chi connectivity index (χ0n) is 7.70. The van der Waals surface area contributed by atoms with Gasteiger partial charge >= 0.3 is 5.97 Å². The number of carboxylic acids is 1. The Labute approximate surface area is 77.0 Å². The minimum Gasteiger partial charge on any atom is -0.478 e. The van der Waals surface area contributed by atoms with Gasteiger partial charge in [0.15, 0.2) is 0 Å². The molecule has 0 amide bonds. The molecule has 1 N–H and O–H groups in total. The standard InChI is InChI=1S/C10H12O3/c1-7-5-8(10(11)12)3-4-9(7)6-13-2/h3-5H,6H2,1-2H3,(H,11,12). The summed E-state index contributed by atoms with van der Waals surface area (Å²) in [6, 6.07) is 5.02. The quantitative estimate of drug-likeness (QED) is 0.772. The van der Waals surface area contributed by atoms with Crippen molar-refractivity contribution >= 4 is 5.97 Å². The summed E-state index contributed by atoms with van der Waals surface area (Å²) in [5, 5.41) is 8.70. The number of aromatic carboxylic acids is 1. The molecule has 0 radical (unpaired) electrons. The van der Waals surface area contributed by atoms with E-state index in [4.69, 9.17) is 9.84 Å². The van der Waals surface area contributed by atoms with E-state index >= 15 is 0 Å². The second-order valence-corrected chi connectivity index (χ2v) is 2.88. The van der Waals surface area contributed by atoms with E-state index in [2.05, 4.69) is 0 Å². The van der Waals surface area contributed by atoms with E-state index in [1.165, 1.54) is 0 Å². The van der Waals surface area contributed by atoms with Gasteiger partial charge in [0.1, 0.15) is 0 Å². The highest BCUT2D eigenvalue weighted by atomic mass is 16.5. The third-order valence-corrected chi connectivity index (χ3v) is 1.89. The van der Waals surface area contributed by atoms with E-state index in [1.54, 1.807) is 25.3 Å². The van der Waals surface area contributed by atoms with Crippen molar-refractivity contribution in [3.8, 4) is 0 Å². The summed E-state index contributed by atoms with van der Waals surface area (Å²) in [6.45, 7) is 2.40. The van der Waals surface area contributed by atoms with Crippen molar-refractivity contribution in [2.24, 2.45) is 0 Å². The smallest absolute Gasteiger partial charge is 0.335 e. The van der Waals surface area contributed by atoms with Gasteiger partial charge in [-0.25, -0.2) is 4.79 Å². The van der Waals surface area contributed by atoms with Crippen LogP contribution < -0.4 is 0 Å². The Morgan fingerprint density at radius 1 is 1.54 bits per heavy atom. The van der Waals surface area contributed by atoms with E-state index in [9.17, 15) is 4.79 Å². The number of methoxy groups -OCH3 is 1. The Morgan fingerprint density at radius 2 is 2.23 bits per heavy atom. The van der Waals surface area contributed by atoms with Gasteiger partial charge in [-0.1, -0.05) is 6.07 Å². The highest BCUT2D eigenvalue weighted by Crippen LogP contribution is 2.11. The molecule has 0 atom stereocenters. The van der Waals surface area contributed by atoms with Crippen LogP contribution in [0.15, 0.2) is 18.2 Å². The first-order valence-electron chi connectivity index (χ1n) is 3.97. The molecule has 0 spiro atoms. The summed E-state index contributed by atoms with van der Waals surface area (Å²) in [5.74, 6) is -0.896. The van der Waals surface area contributed by atoms with E-state index < -0.39 is 5.97 Å². The molecule has 0 aromatic heterocycles. The lowest BCUT2D eigenvalue weighted by molar-refractivity contribution is 0.0696. The van der Waals surface area contributed by atoms with Crippen LogP contribution in [0.3, 0.4) is 0 Å². The molecule has 0 heterocycles. The maximum Gasteiger partial charge on any atom is 0.335 e. The normalized spacial score (nSPS) is 10.0. The van der Waals surface area contributed by atoms with Gasteiger partial charge in [-0.2, -0.15) is 0 Å². The molecular weight excluding hydrogens is 168 g/mol. The Morgan fingerprint density at radius 3 is 2.69 bits per heavy atom. The molecule has 0 saturated heterocycles. The monoisotopic (exact) mass is 180 g/mol. The van der Waals surface area contributed by atoms with Crippen LogP contribution in [-0.4, -0.2) is 18.2 Å². The number of rotatable bonds is 3. The van der Waals surface area contributed by atoms with E-state index in [-0.39, 0.29) is 0 Å². The molecule has 1 aromatic rings. The van der Waals surface area contributed by atoms with Crippen LogP contribution in [-0.2, 0) is 11.3 Å². The third-order valence-electron chi connectivity index (χ3n) is 1.89. The van der Waals surface area contributed by atoms with Gasteiger partial charge < -0.3 is 9.84 Å². The van der Waals surface area contributed by atoms with Crippen LogP contribution in [0.2, 0.25) is 0 Å². The number of aryl methyl sites for hydroxylation is 1. The van der Waals surface area contributed by atoms with Crippen molar-refractivity contribution in [3.05, 3.63) is 34.9 Å². The fourth-order valence-corrected chi connectivity index (χ4v) is 1.15. The molecule has 1 aromatic carbocycles. The van der Waals surface area contributed by atoms with Crippen LogP contribution in [0.25, 0.3) is 0 Å². The Hall–Kier alpha value is -1.35. The molecule has 70 valence electrons. The third kappa shape index (κ3) is 2.29. The summed E-state index contributed by atoms with van der Waals surface area (Å²) < 4.78 is 4.96. The lowest BCUT2D eigenvalue weighted by Crippen LogP contribution is -1.99. The number of hydrogen-bond acceptors (Lipinski definition) is 2. The zero-order valence-corrected chi connectivity index (χ0v) is 7.70. The van der Waals surface area contributed by atoms with Crippen molar-refractivity contribution < 1.29 is 14.6 Å². The molecule has 13 heavy (non-hydrogen) atoms. The largest absolute Gasteiger partial charge is 0.478 e. The molecule has 3 nitrogen and oxygen atoms in total. The van der Waals surface area contributed by atoms with Gasteiger partial charge in [0.2, 0.25) is 0 Å². The van der Waals surface area contributed by atoms with Gasteiger partial charge in [0.25, 0.3) is 0 Å². The summed E-state index contributed by atoms with van der Waals surface area (Å²) in [5.41, 5.74) is 2.28. The molecule has 1 rings (SSSR count). The van der Waals surface area contributed by atoms with Crippen LogP contribution in [0, 0.1) is 6.92 Å². The Bertz CT molecular complexity index is 318. The second-order valence-electron chi connectivity index (χ2n) is 2.88. The second kappa shape index (κ2) is 4.05. The SMILES string of the molecule is COCc1ccc(C(=O)O)cc1C. The fourth-order valence-electron chi connectivity index (χ4n) is 1.15. The van der Waals surface area contributed by atoms with Crippen molar-refractivity contribution in [2.75, 3.05) is 7.11 Å². The van der Waals surface area contributed by atoms with Crippen LogP contribution in [0.4, 0.5) is 0 Å². The maximum atomic E-state index is 10.6. The van der Waals surface area contributed by atoms with Crippen molar-refractivity contribution in [3.63, 3.8) is 0 Å². The Balaban J connectivity index is 2.98. The zero-order chi connectivity index (χ0) is 9.84. The molecule has 0 aliphatic rings. The first-order valence-corrected chi connectivity index (χ1v) is 3.97. The van der Waals surface area contributed by atoms with Crippen LogP contribution in [0.5, 0.6) is 0 Å². The lowest BCUT2D eigenvalue weighted by Gasteiger charge is -2.04. The highest BCUT2D eigenvalue weighted by molar-refractivity contribution is 5.87. The minimum absolute atomic E-state index is 0.317. The van der Waals surface area contributed by atoms with E-state index in [0.29, 0.717) is 12.2 Å². The summed E-state index contributed by atoms with van der Waals surface area (Å²) in [7, 11) is 1.62. The first kappa shape index (κ1) is 9.74. The fraction of sp³-hybridized carbons (Fsp3) is 0.300. The van der Waals surface area contributed by atoms with Gasteiger partial charge in [-0.15, -0.1) is 0 Å². The topological polar surface area (TPSA) is 46.5 Å². The Kier molecular flexibility index (Phi) is 3.03. The van der Waals surface area contributed by atoms with Crippen LogP contribution >= 0.6 is 0 Å². The van der Waals surface area contributed by atoms with Crippen molar-refractivity contribution in [1.82, 2.24) is 0 Å². The van der Waals surface area contributed by atoms with Crippen molar-refractivity contribution in [2.45, 2.75) is 13.5 Å². The first-order chi connectivity index (χ1) is 6.15.